The third kappa shape index (κ3) is 10.5. The molecule has 1 aliphatic heterocycles. The van der Waals surface area contributed by atoms with Crippen LogP contribution in [0.4, 0.5) is 4.79 Å². The Bertz CT molecular complexity index is 78.2. The van der Waals surface area contributed by atoms with E-state index in [4.69, 9.17) is 9.90 Å². The number of nitrogens with two attached hydrogens (primary N) is 1. The van der Waals surface area contributed by atoms with Gasteiger partial charge in [0.2, 0.25) is 0 Å². The number of rotatable bonds is 0. The Hall–Kier alpha value is -0.513. The largest absolute Gasteiger partial charge is 0.465 e. The summed E-state index contributed by atoms with van der Waals surface area (Å²) in [6, 6.07) is 3.28. The summed E-state index contributed by atoms with van der Waals surface area (Å²) in [6.45, 7) is 0. The molecule has 1 aliphatic rings. The van der Waals surface area contributed by atoms with Crippen molar-refractivity contribution in [3.05, 3.63) is 0 Å². The zero-order valence-electron chi connectivity index (χ0n) is 6.18. The van der Waals surface area contributed by atoms with Crippen LogP contribution in [-0.2, 0) is 0 Å². The van der Waals surface area contributed by atoms with E-state index < -0.39 is 6.09 Å². The minimum atomic E-state index is -1.33. The zero-order chi connectivity index (χ0) is 7.82. The second-order valence-corrected chi connectivity index (χ2v) is 4.58. The predicted octanol–water partition coefficient (Wildman–Crippen LogP) is 0.799. The van der Waals surface area contributed by atoms with E-state index in [2.05, 4.69) is 5.73 Å². The van der Waals surface area contributed by atoms with Gasteiger partial charge in [-0.2, -0.15) is 0 Å². The van der Waals surface area contributed by atoms with E-state index in [1.807, 2.05) is 0 Å². The van der Waals surface area contributed by atoms with Gasteiger partial charge in [-0.3, -0.25) is 0 Å². The molecule has 1 rings (SSSR count). The summed E-state index contributed by atoms with van der Waals surface area (Å²) in [5.41, 5.74) is 4.03. The van der Waals surface area contributed by atoms with E-state index in [1.54, 1.807) is 24.9 Å². The van der Waals surface area contributed by atoms with Crippen molar-refractivity contribution in [2.24, 2.45) is 5.73 Å². The molecule has 0 aromatic rings. The Morgan fingerprint density at radius 1 is 1.30 bits per heavy atom. The van der Waals surface area contributed by atoms with Gasteiger partial charge in [0, 0.05) is 9.52 Å². The summed E-state index contributed by atoms with van der Waals surface area (Å²) in [7, 11) is 0.508. The van der Waals surface area contributed by atoms with Crippen molar-refractivity contribution in [3.8, 4) is 0 Å². The zero-order valence-corrected chi connectivity index (χ0v) is 7.59. The molecule has 1 saturated heterocycles. The highest BCUT2D eigenvalue weighted by Gasteiger charge is 1.96. The van der Waals surface area contributed by atoms with Crippen molar-refractivity contribution >= 4 is 15.6 Å². The summed E-state index contributed by atoms with van der Waals surface area (Å²) in [6.07, 6.45) is 3.32. The highest BCUT2D eigenvalue weighted by Crippen LogP contribution is 2.10. The van der Waals surface area contributed by atoms with E-state index >= 15 is 0 Å². The normalized spacial score (nSPS) is 16.8. The van der Waals surface area contributed by atoms with Crippen LogP contribution in [0.3, 0.4) is 0 Å². The Balaban J connectivity index is 0.000000180. The third-order valence-corrected chi connectivity index (χ3v) is 3.50. The topological polar surface area (TPSA) is 63.3 Å². The fraction of sp³-hybridized carbons (Fsp3) is 0.833. The molecule has 3 nitrogen and oxygen atoms in total. The van der Waals surface area contributed by atoms with Crippen molar-refractivity contribution in [1.82, 2.24) is 0 Å². The summed E-state index contributed by atoms with van der Waals surface area (Å²) in [5.74, 6) is 0. The van der Waals surface area contributed by atoms with Gasteiger partial charge >= 0.3 is 6.09 Å². The average Bonchev–Trinajstić information content (AvgIpc) is 1.90. The summed E-state index contributed by atoms with van der Waals surface area (Å²) < 4.78 is 0. The molecule has 0 aliphatic carbocycles. The third-order valence-electron chi connectivity index (χ3n) is 1.50. The van der Waals surface area contributed by atoms with Crippen LogP contribution in [0.15, 0.2) is 0 Å². The smallest absolute Gasteiger partial charge is 0.402 e. The summed E-state index contributed by atoms with van der Waals surface area (Å²) in [5, 5.41) is 7.19. The Morgan fingerprint density at radius 3 is 1.80 bits per heavy atom. The maximum atomic E-state index is 8.78. The molecule has 10 heavy (non-hydrogen) atoms. The lowest BCUT2D eigenvalue weighted by Gasteiger charge is -2.04. The van der Waals surface area contributed by atoms with Crippen molar-refractivity contribution in [1.29, 1.82) is 0 Å². The Kier molecular flexibility index (Phi) is 6.27. The SMILES string of the molecule is C1CC[SiH2]CC1.NC(=O)O. The fourth-order valence-electron chi connectivity index (χ4n) is 1.06. The van der Waals surface area contributed by atoms with Crippen LogP contribution in [0, 0.1) is 0 Å². The lowest BCUT2D eigenvalue weighted by Crippen LogP contribution is -2.03. The van der Waals surface area contributed by atoms with Gasteiger partial charge in [0.15, 0.2) is 0 Å². The van der Waals surface area contributed by atoms with Gasteiger partial charge in [-0.15, -0.1) is 0 Å². The molecule has 0 atom stereocenters. The molecular formula is C6H15NO2Si. The van der Waals surface area contributed by atoms with Gasteiger partial charge in [-0.25, -0.2) is 4.79 Å². The van der Waals surface area contributed by atoms with Gasteiger partial charge in [0.05, 0.1) is 0 Å². The van der Waals surface area contributed by atoms with Gasteiger partial charge in [0.1, 0.15) is 0 Å². The first-order chi connectivity index (χ1) is 4.73. The molecule has 0 radical (unpaired) electrons. The van der Waals surface area contributed by atoms with E-state index in [9.17, 15) is 0 Å². The van der Waals surface area contributed by atoms with Gasteiger partial charge in [-0.1, -0.05) is 31.4 Å². The van der Waals surface area contributed by atoms with Crippen molar-refractivity contribution in [3.63, 3.8) is 0 Å². The number of primary amides is 1. The highest BCUT2D eigenvalue weighted by molar-refractivity contribution is 6.35. The first-order valence-electron chi connectivity index (χ1n) is 3.72. The van der Waals surface area contributed by atoms with Crippen molar-refractivity contribution in [2.75, 3.05) is 0 Å². The quantitative estimate of drug-likeness (QED) is 0.516. The van der Waals surface area contributed by atoms with Crippen LogP contribution < -0.4 is 5.73 Å². The second-order valence-electron chi connectivity index (χ2n) is 2.46. The molecule has 4 heteroatoms. The van der Waals surface area contributed by atoms with E-state index in [1.165, 1.54) is 6.42 Å². The van der Waals surface area contributed by atoms with Gasteiger partial charge < -0.3 is 10.8 Å². The fourth-order valence-corrected chi connectivity index (χ4v) is 2.83. The number of hydrogen-bond acceptors (Lipinski definition) is 1. The number of hydrogen-bond donors (Lipinski definition) is 2. The maximum absolute atomic E-state index is 8.78. The van der Waals surface area contributed by atoms with Crippen LogP contribution in [-0.4, -0.2) is 20.7 Å². The Labute approximate surface area is 63.4 Å². The first kappa shape index (κ1) is 9.49. The standard InChI is InChI=1S/C5H12Si.CH3NO2/c1-2-4-6-5-3-1;2-1(3)4/h1-6H2;2H2,(H,3,4). The molecule has 1 heterocycles. The molecule has 1 fully saturated rings. The number of carbonyl (C=O) groups is 1. The van der Waals surface area contributed by atoms with Gasteiger partial charge in [0.25, 0.3) is 0 Å². The van der Waals surface area contributed by atoms with E-state index in [0.717, 1.165) is 0 Å². The van der Waals surface area contributed by atoms with Crippen LogP contribution in [0.25, 0.3) is 0 Å². The molecule has 0 saturated carbocycles. The van der Waals surface area contributed by atoms with Crippen LogP contribution in [0.1, 0.15) is 19.3 Å². The number of amides is 1. The lowest BCUT2D eigenvalue weighted by atomic mass is 10.3. The minimum Gasteiger partial charge on any atom is -0.465 e. The van der Waals surface area contributed by atoms with Crippen LogP contribution >= 0.6 is 0 Å². The van der Waals surface area contributed by atoms with Crippen LogP contribution in [0.5, 0.6) is 0 Å². The summed E-state index contributed by atoms with van der Waals surface area (Å²) in [4.78, 5) is 8.78. The lowest BCUT2D eigenvalue weighted by molar-refractivity contribution is 0.205. The van der Waals surface area contributed by atoms with Crippen molar-refractivity contribution in [2.45, 2.75) is 31.4 Å². The molecule has 1 amide bonds. The predicted molar refractivity (Wildman–Crippen MR) is 44.2 cm³/mol. The van der Waals surface area contributed by atoms with Crippen LogP contribution in [0.2, 0.25) is 12.1 Å². The first-order valence-corrected chi connectivity index (χ1v) is 5.72. The van der Waals surface area contributed by atoms with Gasteiger partial charge in [-0.05, 0) is 0 Å². The van der Waals surface area contributed by atoms with E-state index in [0.29, 0.717) is 9.52 Å². The molecule has 3 N–H and O–H groups in total. The highest BCUT2D eigenvalue weighted by atomic mass is 28.2. The molecule has 0 spiro atoms. The molecule has 0 aromatic heterocycles. The van der Waals surface area contributed by atoms with Crippen molar-refractivity contribution < 1.29 is 9.90 Å². The Morgan fingerprint density at radius 2 is 1.70 bits per heavy atom. The molecular weight excluding hydrogens is 146 g/mol. The maximum Gasteiger partial charge on any atom is 0.402 e. The number of carboxylic acid groups (broad SMARTS) is 1. The minimum absolute atomic E-state index is 0.508. The second kappa shape index (κ2) is 6.60. The molecule has 0 aromatic carbocycles. The molecule has 60 valence electrons. The van der Waals surface area contributed by atoms with E-state index in [-0.39, 0.29) is 0 Å². The molecule has 0 bridgehead atoms. The average molecular weight is 161 g/mol. The summed E-state index contributed by atoms with van der Waals surface area (Å²) >= 11 is 0. The monoisotopic (exact) mass is 161 g/mol. The molecule has 0 unspecified atom stereocenters.